The number of allylic oxidation sites excluding steroid dienone is 3. The lowest BCUT2D eigenvalue weighted by Gasteiger charge is -2.37. The minimum atomic E-state index is -0.449. The van der Waals surface area contributed by atoms with Crippen LogP contribution in [0.1, 0.15) is 55.2 Å². The van der Waals surface area contributed by atoms with E-state index in [4.69, 9.17) is 14.2 Å². The van der Waals surface area contributed by atoms with E-state index in [-0.39, 0.29) is 24.3 Å². The van der Waals surface area contributed by atoms with Crippen molar-refractivity contribution in [3.8, 4) is 11.5 Å². The first-order valence-electron chi connectivity index (χ1n) is 11.6. The van der Waals surface area contributed by atoms with E-state index in [0.717, 1.165) is 28.1 Å². The number of nitrogens with one attached hydrogen (secondary N) is 1. The zero-order valence-corrected chi connectivity index (χ0v) is 20.4. The first-order valence-corrected chi connectivity index (χ1v) is 11.6. The highest BCUT2D eigenvalue weighted by Crippen LogP contribution is 2.47. The smallest absolute Gasteiger partial charge is 0.336 e. The number of esters is 1. The van der Waals surface area contributed by atoms with Gasteiger partial charge in [0.05, 0.1) is 26.4 Å². The zero-order valence-electron chi connectivity index (χ0n) is 20.4. The molecule has 2 aromatic rings. The lowest BCUT2D eigenvalue weighted by atomic mass is 9.71. The zero-order chi connectivity index (χ0) is 24.4. The molecule has 6 heteroatoms. The van der Waals surface area contributed by atoms with Crippen molar-refractivity contribution in [2.24, 2.45) is 0 Å². The fourth-order valence-electron chi connectivity index (χ4n) is 5.08. The second kappa shape index (κ2) is 9.75. The second-order valence-corrected chi connectivity index (χ2v) is 8.71. The summed E-state index contributed by atoms with van der Waals surface area (Å²) < 4.78 is 16.2. The highest BCUT2D eigenvalue weighted by atomic mass is 16.5. The fraction of sp³-hybridized carbons (Fsp3) is 0.357. The van der Waals surface area contributed by atoms with Crippen LogP contribution in [0.2, 0.25) is 0 Å². The number of hydrogen-bond donors (Lipinski definition) is 1. The molecule has 1 heterocycles. The molecule has 34 heavy (non-hydrogen) atoms. The van der Waals surface area contributed by atoms with E-state index in [1.54, 1.807) is 21.1 Å². The fourth-order valence-corrected chi connectivity index (χ4v) is 5.08. The molecule has 0 saturated carbocycles. The molecule has 0 bridgehead atoms. The minimum Gasteiger partial charge on any atom is -0.493 e. The number of Topliss-reactive ketones (excluding diaryl/α,β-unsaturated/α-hetero) is 1. The van der Waals surface area contributed by atoms with Gasteiger partial charge in [-0.15, -0.1) is 0 Å². The van der Waals surface area contributed by atoms with Crippen molar-refractivity contribution in [2.75, 3.05) is 20.8 Å². The van der Waals surface area contributed by atoms with Crippen molar-refractivity contribution in [3.63, 3.8) is 0 Å². The van der Waals surface area contributed by atoms with Crippen LogP contribution in [0.25, 0.3) is 0 Å². The Bertz CT molecular complexity index is 1190. The summed E-state index contributed by atoms with van der Waals surface area (Å²) in [6, 6.07) is 13.7. The largest absolute Gasteiger partial charge is 0.493 e. The van der Waals surface area contributed by atoms with Crippen molar-refractivity contribution in [2.45, 2.75) is 45.4 Å². The van der Waals surface area contributed by atoms with Gasteiger partial charge in [0, 0.05) is 29.3 Å². The number of carbonyl (C=O) groups is 2. The van der Waals surface area contributed by atoms with Crippen molar-refractivity contribution in [1.29, 1.82) is 0 Å². The molecular formula is C28H31NO5. The highest BCUT2D eigenvalue weighted by molar-refractivity contribution is 6.04. The van der Waals surface area contributed by atoms with Crippen LogP contribution in [0.3, 0.4) is 0 Å². The third-order valence-corrected chi connectivity index (χ3v) is 6.70. The number of hydrogen-bond acceptors (Lipinski definition) is 6. The number of rotatable bonds is 6. The van der Waals surface area contributed by atoms with E-state index in [1.807, 2.05) is 56.3 Å². The van der Waals surface area contributed by atoms with Crippen LogP contribution in [-0.2, 0) is 14.3 Å². The van der Waals surface area contributed by atoms with Crippen molar-refractivity contribution in [3.05, 3.63) is 81.7 Å². The molecule has 4 rings (SSSR count). The molecule has 1 aliphatic carbocycles. The van der Waals surface area contributed by atoms with Gasteiger partial charge in [-0.2, -0.15) is 0 Å². The molecule has 0 fully saturated rings. The number of dihydropyridines is 1. The Hall–Kier alpha value is -3.54. The van der Waals surface area contributed by atoms with Crippen LogP contribution in [0.4, 0.5) is 0 Å². The van der Waals surface area contributed by atoms with Crippen LogP contribution in [0, 0.1) is 6.92 Å². The monoisotopic (exact) mass is 461 g/mol. The summed E-state index contributed by atoms with van der Waals surface area (Å²) in [7, 11) is 3.21. The van der Waals surface area contributed by atoms with Crippen LogP contribution in [-0.4, -0.2) is 32.6 Å². The quantitative estimate of drug-likeness (QED) is 0.615. The van der Waals surface area contributed by atoms with E-state index >= 15 is 0 Å². The maximum absolute atomic E-state index is 13.7. The third-order valence-electron chi connectivity index (χ3n) is 6.70. The van der Waals surface area contributed by atoms with Crippen LogP contribution in [0.5, 0.6) is 11.5 Å². The summed E-state index contributed by atoms with van der Waals surface area (Å²) in [6.45, 7) is 5.95. The lowest BCUT2D eigenvalue weighted by molar-refractivity contribution is -0.138. The number of methoxy groups -OCH3 is 2. The summed E-state index contributed by atoms with van der Waals surface area (Å²) in [6.07, 6.45) is 1.01. The van der Waals surface area contributed by atoms with Gasteiger partial charge in [0.15, 0.2) is 17.3 Å². The number of ether oxygens (including phenoxy) is 3. The van der Waals surface area contributed by atoms with Gasteiger partial charge >= 0.3 is 5.97 Å². The predicted octanol–water partition coefficient (Wildman–Crippen LogP) is 4.94. The lowest BCUT2D eigenvalue weighted by Crippen LogP contribution is -2.36. The molecule has 178 valence electrons. The molecule has 0 amide bonds. The molecule has 0 saturated heterocycles. The molecule has 0 radical (unpaired) electrons. The molecule has 1 aliphatic heterocycles. The molecule has 2 aromatic carbocycles. The third kappa shape index (κ3) is 4.20. The molecule has 2 atom stereocenters. The first-order chi connectivity index (χ1) is 16.4. The highest BCUT2D eigenvalue weighted by Gasteiger charge is 2.41. The number of aryl methyl sites for hydroxylation is 1. The standard InChI is InChI=1S/C28H31NO5/c1-6-34-28(31)25-17(3)29-21-13-19(18-11-12-23(32-4)24(15-18)33-5)14-22(30)27(21)26(25)20-10-8-7-9-16(20)2/h7-12,15,19,26,29H,6,13-14H2,1-5H3/t19-,26-/m1/s1. The van der Waals surface area contributed by atoms with Crippen LogP contribution in [0.15, 0.2) is 65.0 Å². The Balaban J connectivity index is 1.79. The van der Waals surface area contributed by atoms with Gasteiger partial charge in [-0.05, 0) is 61.9 Å². The van der Waals surface area contributed by atoms with Gasteiger partial charge in [0.25, 0.3) is 0 Å². The van der Waals surface area contributed by atoms with Crippen molar-refractivity contribution in [1.82, 2.24) is 5.32 Å². The topological polar surface area (TPSA) is 73.9 Å². The van der Waals surface area contributed by atoms with E-state index in [1.165, 1.54) is 0 Å². The van der Waals surface area contributed by atoms with Gasteiger partial charge in [-0.1, -0.05) is 30.3 Å². The molecule has 6 nitrogen and oxygen atoms in total. The maximum Gasteiger partial charge on any atom is 0.336 e. The van der Waals surface area contributed by atoms with Crippen LogP contribution >= 0.6 is 0 Å². The summed E-state index contributed by atoms with van der Waals surface area (Å²) in [4.78, 5) is 26.7. The predicted molar refractivity (Wildman–Crippen MR) is 130 cm³/mol. The average molecular weight is 462 g/mol. The van der Waals surface area contributed by atoms with Gasteiger partial charge in [-0.3, -0.25) is 4.79 Å². The number of benzene rings is 2. The SMILES string of the molecule is CCOC(=O)C1=C(C)NC2=C(C(=O)C[C@H](c3ccc(OC)c(OC)c3)C2)[C@@H]1c1ccccc1C. The Kier molecular flexibility index (Phi) is 6.77. The van der Waals surface area contributed by atoms with Gasteiger partial charge in [0.1, 0.15) is 0 Å². The second-order valence-electron chi connectivity index (χ2n) is 8.71. The molecule has 1 N–H and O–H groups in total. The van der Waals surface area contributed by atoms with Gasteiger partial charge < -0.3 is 19.5 Å². The summed E-state index contributed by atoms with van der Waals surface area (Å²) in [5.41, 5.74) is 5.78. The summed E-state index contributed by atoms with van der Waals surface area (Å²) in [5.74, 6) is 0.491. The normalized spacial score (nSPS) is 20.0. The van der Waals surface area contributed by atoms with E-state index in [0.29, 0.717) is 35.5 Å². The number of carbonyl (C=O) groups excluding carboxylic acids is 2. The molecule has 0 aromatic heterocycles. The van der Waals surface area contributed by atoms with Crippen molar-refractivity contribution < 1.29 is 23.8 Å². The summed E-state index contributed by atoms with van der Waals surface area (Å²) >= 11 is 0. The number of ketones is 1. The van der Waals surface area contributed by atoms with E-state index in [9.17, 15) is 9.59 Å². The van der Waals surface area contributed by atoms with Gasteiger partial charge in [0.2, 0.25) is 0 Å². The van der Waals surface area contributed by atoms with Crippen molar-refractivity contribution >= 4 is 11.8 Å². The molecule has 0 spiro atoms. The average Bonchev–Trinajstić information content (AvgIpc) is 2.83. The van der Waals surface area contributed by atoms with E-state index < -0.39 is 5.92 Å². The van der Waals surface area contributed by atoms with Crippen LogP contribution < -0.4 is 14.8 Å². The summed E-state index contributed by atoms with van der Waals surface area (Å²) in [5, 5.41) is 3.39. The van der Waals surface area contributed by atoms with Gasteiger partial charge in [-0.25, -0.2) is 4.79 Å². The molecule has 0 unspecified atom stereocenters. The Morgan fingerprint density at radius 1 is 1.03 bits per heavy atom. The molecule has 2 aliphatic rings. The Morgan fingerprint density at radius 2 is 1.76 bits per heavy atom. The minimum absolute atomic E-state index is 0.00646. The molecular weight excluding hydrogens is 430 g/mol. The van der Waals surface area contributed by atoms with E-state index in [2.05, 4.69) is 5.32 Å². The Morgan fingerprint density at radius 3 is 2.44 bits per heavy atom. The maximum atomic E-state index is 13.7. The Labute approximate surface area is 200 Å². The first kappa shape index (κ1) is 23.6.